The second kappa shape index (κ2) is 7.02. The van der Waals surface area contributed by atoms with Gasteiger partial charge in [0.1, 0.15) is 5.78 Å². The van der Waals surface area contributed by atoms with Crippen LogP contribution in [0.3, 0.4) is 0 Å². The van der Waals surface area contributed by atoms with Crippen LogP contribution in [0.5, 0.6) is 0 Å². The number of hydrogen-bond donors (Lipinski definition) is 1. The number of aliphatic hydroxyl groups excluding tert-OH is 1. The smallest absolute Gasteiger partial charge is 0.129 e. The minimum absolute atomic E-state index is 0.153. The van der Waals surface area contributed by atoms with E-state index in [2.05, 4.69) is 4.90 Å². The van der Waals surface area contributed by atoms with E-state index in [9.17, 15) is 9.90 Å². The molecule has 0 bridgehead atoms. The number of Topliss-reactive ketones (excluding diaryl/α,β-unsaturated/α-hetero) is 1. The fourth-order valence-corrected chi connectivity index (χ4v) is 2.37. The summed E-state index contributed by atoms with van der Waals surface area (Å²) in [4.78, 5) is 13.2. The fourth-order valence-electron chi connectivity index (χ4n) is 2.37. The van der Waals surface area contributed by atoms with Gasteiger partial charge in [0, 0.05) is 6.42 Å². The molecule has 1 aliphatic rings. The van der Waals surface area contributed by atoms with Crippen molar-refractivity contribution in [3.05, 3.63) is 0 Å². The zero-order valence-corrected chi connectivity index (χ0v) is 10.6. The Morgan fingerprint density at radius 1 is 1.38 bits per heavy atom. The molecule has 3 heteroatoms. The molecular weight excluding hydrogens is 202 g/mol. The van der Waals surface area contributed by atoms with E-state index < -0.39 is 0 Å². The predicted octanol–water partition coefficient (Wildman–Crippen LogP) is 1.84. The van der Waals surface area contributed by atoms with Crippen molar-refractivity contribution in [2.45, 2.75) is 52.1 Å². The van der Waals surface area contributed by atoms with Crippen molar-refractivity contribution in [2.24, 2.45) is 5.92 Å². The molecule has 0 amide bonds. The number of ketones is 1. The van der Waals surface area contributed by atoms with Crippen LogP contribution in [0.4, 0.5) is 0 Å². The Balaban J connectivity index is 2.06. The molecule has 0 spiro atoms. The molecule has 0 aromatic rings. The normalized spacial score (nSPS) is 20.9. The lowest BCUT2D eigenvalue weighted by molar-refractivity contribution is -0.117. The lowest BCUT2D eigenvalue weighted by Crippen LogP contribution is -2.37. The van der Waals surface area contributed by atoms with Crippen LogP contribution in [0.2, 0.25) is 0 Å². The largest absolute Gasteiger partial charge is 0.393 e. The molecule has 1 saturated heterocycles. The summed E-state index contributed by atoms with van der Waals surface area (Å²) >= 11 is 0. The molecule has 1 heterocycles. The molecule has 0 aromatic carbocycles. The highest BCUT2D eigenvalue weighted by atomic mass is 16.3. The maximum Gasteiger partial charge on any atom is 0.129 e. The Morgan fingerprint density at radius 2 is 2.00 bits per heavy atom. The summed E-state index contributed by atoms with van der Waals surface area (Å²) in [5.41, 5.74) is 0. The van der Waals surface area contributed by atoms with Gasteiger partial charge in [-0.05, 0) is 65.1 Å². The summed E-state index contributed by atoms with van der Waals surface area (Å²) in [6, 6.07) is 0. The average Bonchev–Trinajstić information content (AvgIpc) is 2.25. The molecule has 1 rings (SSSR count). The van der Waals surface area contributed by atoms with Gasteiger partial charge in [-0.2, -0.15) is 0 Å². The summed E-state index contributed by atoms with van der Waals surface area (Å²) in [6.45, 7) is 6.88. The number of piperidine rings is 1. The molecule has 0 saturated carbocycles. The molecule has 1 aliphatic heterocycles. The molecular formula is C13H25NO2. The van der Waals surface area contributed by atoms with E-state index in [1.54, 1.807) is 6.92 Å². The monoisotopic (exact) mass is 227 g/mol. The van der Waals surface area contributed by atoms with Crippen molar-refractivity contribution in [2.75, 3.05) is 19.6 Å². The topological polar surface area (TPSA) is 40.5 Å². The fraction of sp³-hybridized carbons (Fsp3) is 0.923. The van der Waals surface area contributed by atoms with Crippen molar-refractivity contribution >= 4 is 5.78 Å². The van der Waals surface area contributed by atoms with Crippen LogP contribution in [0.1, 0.15) is 46.0 Å². The van der Waals surface area contributed by atoms with Crippen molar-refractivity contribution in [1.29, 1.82) is 0 Å². The summed E-state index contributed by atoms with van der Waals surface area (Å²) in [5, 5.41) is 9.48. The highest BCUT2D eigenvalue weighted by Crippen LogP contribution is 2.20. The molecule has 94 valence electrons. The van der Waals surface area contributed by atoms with Crippen LogP contribution >= 0.6 is 0 Å². The van der Waals surface area contributed by atoms with E-state index in [0.29, 0.717) is 11.7 Å². The van der Waals surface area contributed by atoms with Crippen LogP contribution in [0.25, 0.3) is 0 Å². The zero-order valence-electron chi connectivity index (χ0n) is 10.6. The summed E-state index contributed by atoms with van der Waals surface area (Å²) < 4.78 is 0. The van der Waals surface area contributed by atoms with Crippen LogP contribution in [-0.4, -0.2) is 41.5 Å². The molecule has 3 nitrogen and oxygen atoms in total. The highest BCUT2D eigenvalue weighted by molar-refractivity contribution is 5.75. The molecule has 1 fully saturated rings. The van der Waals surface area contributed by atoms with Gasteiger partial charge in [0.15, 0.2) is 0 Å². The third-order valence-electron chi connectivity index (χ3n) is 3.57. The second-order valence-corrected chi connectivity index (χ2v) is 5.08. The Morgan fingerprint density at radius 3 is 2.50 bits per heavy atom. The summed E-state index contributed by atoms with van der Waals surface area (Å²) in [5.74, 6) is 0.793. The molecule has 0 aromatic heterocycles. The molecule has 1 unspecified atom stereocenters. The SMILES string of the molecule is CC(=O)CCCCN1CCC(C(C)O)CC1. The lowest BCUT2D eigenvalue weighted by Gasteiger charge is -2.33. The number of aliphatic hydroxyl groups is 1. The van der Waals surface area contributed by atoms with Gasteiger partial charge in [0.25, 0.3) is 0 Å². The zero-order chi connectivity index (χ0) is 12.0. The lowest BCUT2D eigenvalue weighted by atomic mass is 9.92. The third-order valence-corrected chi connectivity index (χ3v) is 3.57. The standard InChI is InChI=1S/C13H25NO2/c1-11(15)5-3-4-8-14-9-6-13(7-10-14)12(2)16/h12-13,16H,3-10H2,1-2H3. The van der Waals surface area contributed by atoms with Crippen LogP contribution < -0.4 is 0 Å². The number of hydrogen-bond acceptors (Lipinski definition) is 3. The first kappa shape index (κ1) is 13.7. The Bertz CT molecular complexity index is 208. The van der Waals surface area contributed by atoms with E-state index in [1.807, 2.05) is 6.92 Å². The Kier molecular flexibility index (Phi) is 5.99. The first-order valence-corrected chi connectivity index (χ1v) is 6.49. The first-order valence-electron chi connectivity index (χ1n) is 6.49. The number of likely N-dealkylation sites (tertiary alicyclic amines) is 1. The molecule has 0 radical (unpaired) electrons. The van der Waals surface area contributed by atoms with Crippen LogP contribution in [0, 0.1) is 5.92 Å². The van der Waals surface area contributed by atoms with Crippen molar-refractivity contribution in [3.63, 3.8) is 0 Å². The number of carbonyl (C=O) groups is 1. The van der Waals surface area contributed by atoms with Gasteiger partial charge in [0.05, 0.1) is 6.10 Å². The van der Waals surface area contributed by atoms with Gasteiger partial charge in [-0.3, -0.25) is 0 Å². The van der Waals surface area contributed by atoms with Crippen LogP contribution in [-0.2, 0) is 4.79 Å². The minimum atomic E-state index is -0.153. The first-order chi connectivity index (χ1) is 7.59. The quantitative estimate of drug-likeness (QED) is 0.704. The van der Waals surface area contributed by atoms with E-state index >= 15 is 0 Å². The Hall–Kier alpha value is -0.410. The van der Waals surface area contributed by atoms with Gasteiger partial charge >= 0.3 is 0 Å². The maximum absolute atomic E-state index is 10.8. The predicted molar refractivity (Wildman–Crippen MR) is 65.4 cm³/mol. The van der Waals surface area contributed by atoms with Gasteiger partial charge in [0.2, 0.25) is 0 Å². The van der Waals surface area contributed by atoms with Gasteiger partial charge < -0.3 is 14.8 Å². The average molecular weight is 227 g/mol. The summed E-state index contributed by atoms with van der Waals surface area (Å²) in [6.07, 6.45) is 4.95. The number of unbranched alkanes of at least 4 members (excludes halogenated alkanes) is 1. The molecule has 1 N–H and O–H groups in total. The number of nitrogens with zero attached hydrogens (tertiary/aromatic N) is 1. The van der Waals surface area contributed by atoms with Gasteiger partial charge in [-0.15, -0.1) is 0 Å². The van der Waals surface area contributed by atoms with Crippen LogP contribution in [0.15, 0.2) is 0 Å². The van der Waals surface area contributed by atoms with Crippen molar-refractivity contribution in [1.82, 2.24) is 4.90 Å². The van der Waals surface area contributed by atoms with E-state index in [-0.39, 0.29) is 6.10 Å². The van der Waals surface area contributed by atoms with Gasteiger partial charge in [-0.25, -0.2) is 0 Å². The Labute approximate surface area is 98.8 Å². The number of rotatable bonds is 6. The summed E-state index contributed by atoms with van der Waals surface area (Å²) in [7, 11) is 0. The second-order valence-electron chi connectivity index (χ2n) is 5.08. The molecule has 16 heavy (non-hydrogen) atoms. The number of carbonyl (C=O) groups excluding carboxylic acids is 1. The van der Waals surface area contributed by atoms with E-state index in [0.717, 1.165) is 51.7 Å². The van der Waals surface area contributed by atoms with Crippen molar-refractivity contribution < 1.29 is 9.90 Å². The van der Waals surface area contributed by atoms with E-state index in [4.69, 9.17) is 0 Å². The van der Waals surface area contributed by atoms with Gasteiger partial charge in [-0.1, -0.05) is 0 Å². The van der Waals surface area contributed by atoms with Crippen molar-refractivity contribution in [3.8, 4) is 0 Å². The third kappa shape index (κ3) is 5.08. The molecule has 1 atom stereocenters. The molecule has 0 aliphatic carbocycles. The highest BCUT2D eigenvalue weighted by Gasteiger charge is 2.21. The van der Waals surface area contributed by atoms with E-state index in [1.165, 1.54) is 0 Å². The minimum Gasteiger partial charge on any atom is -0.393 e. The maximum atomic E-state index is 10.8.